The van der Waals surface area contributed by atoms with Crippen molar-refractivity contribution >= 4 is 5.91 Å². The Kier molecular flexibility index (Phi) is 6.98. The molecule has 1 unspecified atom stereocenters. The summed E-state index contributed by atoms with van der Waals surface area (Å²) in [6.45, 7) is 2.65. The first-order chi connectivity index (χ1) is 12.8. The van der Waals surface area contributed by atoms with Gasteiger partial charge in [-0.3, -0.25) is 4.79 Å². The molecule has 0 aliphatic heterocycles. The van der Waals surface area contributed by atoms with Crippen LogP contribution in [0.5, 0.6) is 17.2 Å². The monoisotopic (exact) mass is 379 g/mol. The average Bonchev–Trinajstić information content (AvgIpc) is 2.61. The fourth-order valence-electron chi connectivity index (χ4n) is 2.48. The van der Waals surface area contributed by atoms with Crippen molar-refractivity contribution in [3.05, 3.63) is 53.6 Å². The number of methoxy groups -OCH3 is 1. The van der Waals surface area contributed by atoms with Gasteiger partial charge in [0.05, 0.1) is 19.3 Å². The van der Waals surface area contributed by atoms with Gasteiger partial charge in [-0.05, 0) is 56.7 Å². The lowest BCUT2D eigenvalue weighted by Crippen LogP contribution is -2.26. The first-order valence-electron chi connectivity index (χ1n) is 8.50. The van der Waals surface area contributed by atoms with E-state index in [4.69, 9.17) is 9.47 Å². The summed E-state index contributed by atoms with van der Waals surface area (Å²) < 4.78 is 40.0. The highest BCUT2D eigenvalue weighted by Gasteiger charge is 2.16. The number of ether oxygens (including phenoxy) is 3. The lowest BCUT2D eigenvalue weighted by molar-refractivity contribution is -0.0499. The van der Waals surface area contributed by atoms with Crippen LogP contribution in [-0.4, -0.2) is 25.7 Å². The van der Waals surface area contributed by atoms with Crippen LogP contribution in [0.4, 0.5) is 8.78 Å². The second-order valence-electron chi connectivity index (χ2n) is 6.18. The first kappa shape index (κ1) is 20.5. The van der Waals surface area contributed by atoms with Crippen LogP contribution in [-0.2, 0) is 0 Å². The molecular weight excluding hydrogens is 356 g/mol. The molecule has 0 saturated carbocycles. The maximum absolute atomic E-state index is 12.5. The molecule has 0 saturated heterocycles. The molecule has 0 heterocycles. The number of hydrogen-bond donors (Lipinski definition) is 1. The van der Waals surface area contributed by atoms with Gasteiger partial charge in [0, 0.05) is 5.56 Å². The molecular formula is C20H23F2NO4. The van der Waals surface area contributed by atoms with Gasteiger partial charge in [0.15, 0.2) is 11.5 Å². The van der Waals surface area contributed by atoms with Crippen LogP contribution in [0.1, 0.15) is 42.7 Å². The Hall–Kier alpha value is -2.83. The Morgan fingerprint density at radius 1 is 1.00 bits per heavy atom. The van der Waals surface area contributed by atoms with E-state index < -0.39 is 12.7 Å². The second-order valence-corrected chi connectivity index (χ2v) is 6.18. The predicted molar refractivity (Wildman–Crippen MR) is 97.7 cm³/mol. The number of carbonyl (C=O) groups is 1. The van der Waals surface area contributed by atoms with E-state index in [9.17, 15) is 13.6 Å². The number of halogens is 2. The molecule has 0 aliphatic carbocycles. The molecule has 1 N–H and O–H groups in total. The Labute approximate surface area is 157 Å². The third-order valence-electron chi connectivity index (χ3n) is 3.72. The number of benzene rings is 2. The van der Waals surface area contributed by atoms with Crippen molar-refractivity contribution in [2.24, 2.45) is 0 Å². The van der Waals surface area contributed by atoms with Crippen LogP contribution in [0.25, 0.3) is 0 Å². The van der Waals surface area contributed by atoms with Crippen molar-refractivity contribution in [1.29, 1.82) is 0 Å². The number of rotatable bonds is 8. The highest BCUT2D eigenvalue weighted by atomic mass is 19.3. The van der Waals surface area contributed by atoms with Crippen LogP contribution >= 0.6 is 0 Å². The van der Waals surface area contributed by atoms with Gasteiger partial charge >= 0.3 is 6.61 Å². The second kappa shape index (κ2) is 9.21. The minimum atomic E-state index is -2.90. The van der Waals surface area contributed by atoms with Crippen LogP contribution in [0, 0.1) is 0 Å². The zero-order valence-electron chi connectivity index (χ0n) is 15.7. The molecule has 0 aromatic heterocycles. The van der Waals surface area contributed by atoms with E-state index in [0.29, 0.717) is 22.6 Å². The normalized spacial score (nSPS) is 12.0. The fourth-order valence-corrected chi connectivity index (χ4v) is 2.48. The summed E-state index contributed by atoms with van der Waals surface area (Å²) >= 11 is 0. The summed E-state index contributed by atoms with van der Waals surface area (Å²) in [7, 11) is 1.50. The molecule has 0 spiro atoms. The molecule has 0 radical (unpaired) electrons. The summed E-state index contributed by atoms with van der Waals surface area (Å²) in [6.07, 6.45) is -0.0265. The summed E-state index contributed by atoms with van der Waals surface area (Å²) in [5.41, 5.74) is 1.04. The fraction of sp³-hybridized carbons (Fsp3) is 0.350. The number of carbonyl (C=O) groups excluding carboxylic acids is 1. The molecule has 2 aromatic carbocycles. The van der Waals surface area contributed by atoms with Crippen LogP contribution in [0.3, 0.4) is 0 Å². The molecule has 7 heteroatoms. The summed E-state index contributed by atoms with van der Waals surface area (Å²) in [5, 5.41) is 2.83. The predicted octanol–water partition coefficient (Wildman–Crippen LogP) is 4.57. The number of nitrogens with one attached hydrogen (secondary N) is 1. The van der Waals surface area contributed by atoms with E-state index in [1.165, 1.54) is 19.2 Å². The Bertz CT molecular complexity index is 780. The van der Waals surface area contributed by atoms with E-state index in [1.807, 2.05) is 13.8 Å². The number of amides is 1. The smallest absolute Gasteiger partial charge is 0.387 e. The van der Waals surface area contributed by atoms with E-state index in [0.717, 1.165) is 0 Å². The van der Waals surface area contributed by atoms with Gasteiger partial charge in [0.2, 0.25) is 0 Å². The maximum Gasteiger partial charge on any atom is 0.387 e. The molecule has 1 amide bonds. The van der Waals surface area contributed by atoms with Crippen LogP contribution in [0.2, 0.25) is 0 Å². The molecule has 0 bridgehead atoms. The summed E-state index contributed by atoms with van der Waals surface area (Å²) in [6, 6.07) is 10.7. The van der Waals surface area contributed by atoms with Crippen molar-refractivity contribution < 1.29 is 27.8 Å². The highest BCUT2D eigenvalue weighted by molar-refractivity contribution is 5.95. The maximum atomic E-state index is 12.5. The molecule has 27 heavy (non-hydrogen) atoms. The zero-order valence-corrected chi connectivity index (χ0v) is 15.7. The van der Waals surface area contributed by atoms with E-state index >= 15 is 0 Å². The van der Waals surface area contributed by atoms with Crippen molar-refractivity contribution in [2.45, 2.75) is 39.5 Å². The van der Waals surface area contributed by atoms with E-state index in [2.05, 4.69) is 10.1 Å². The van der Waals surface area contributed by atoms with Crippen molar-refractivity contribution in [3.8, 4) is 17.2 Å². The third-order valence-corrected chi connectivity index (χ3v) is 3.72. The van der Waals surface area contributed by atoms with E-state index in [-0.39, 0.29) is 17.8 Å². The summed E-state index contributed by atoms with van der Waals surface area (Å²) in [5.74, 6) is 0.725. The molecule has 2 aromatic rings. The minimum Gasteiger partial charge on any atom is -0.493 e. The Morgan fingerprint density at radius 2 is 1.74 bits per heavy atom. The van der Waals surface area contributed by atoms with Gasteiger partial charge in [0.25, 0.3) is 5.91 Å². The minimum absolute atomic E-state index is 0.0265. The number of alkyl halides is 2. The summed E-state index contributed by atoms with van der Waals surface area (Å²) in [4.78, 5) is 12.5. The van der Waals surface area contributed by atoms with E-state index in [1.54, 1.807) is 37.3 Å². The Morgan fingerprint density at radius 3 is 2.37 bits per heavy atom. The van der Waals surface area contributed by atoms with Gasteiger partial charge in [-0.15, -0.1) is 0 Å². The molecule has 1 atom stereocenters. The zero-order chi connectivity index (χ0) is 20.0. The topological polar surface area (TPSA) is 56.8 Å². The SMILES string of the molecule is COc1cc(C(=O)NC(C)c2cccc(OC(F)F)c2)ccc1OC(C)C. The quantitative estimate of drug-likeness (QED) is 0.730. The molecule has 2 rings (SSSR count). The van der Waals surface area contributed by atoms with Gasteiger partial charge in [-0.1, -0.05) is 12.1 Å². The van der Waals surface area contributed by atoms with Gasteiger partial charge in [-0.2, -0.15) is 8.78 Å². The average molecular weight is 379 g/mol. The molecule has 146 valence electrons. The lowest BCUT2D eigenvalue weighted by Gasteiger charge is -2.17. The number of hydrogen-bond acceptors (Lipinski definition) is 4. The van der Waals surface area contributed by atoms with Crippen molar-refractivity contribution in [1.82, 2.24) is 5.32 Å². The first-order valence-corrected chi connectivity index (χ1v) is 8.50. The molecule has 0 fully saturated rings. The van der Waals surface area contributed by atoms with Crippen LogP contribution in [0.15, 0.2) is 42.5 Å². The molecule has 5 nitrogen and oxygen atoms in total. The largest absolute Gasteiger partial charge is 0.493 e. The lowest BCUT2D eigenvalue weighted by atomic mass is 10.1. The van der Waals surface area contributed by atoms with Gasteiger partial charge in [-0.25, -0.2) is 0 Å². The Balaban J connectivity index is 2.12. The highest BCUT2D eigenvalue weighted by Crippen LogP contribution is 2.29. The van der Waals surface area contributed by atoms with Crippen molar-refractivity contribution in [2.75, 3.05) is 7.11 Å². The van der Waals surface area contributed by atoms with Gasteiger partial charge < -0.3 is 19.5 Å². The van der Waals surface area contributed by atoms with Crippen LogP contribution < -0.4 is 19.5 Å². The van der Waals surface area contributed by atoms with Crippen molar-refractivity contribution in [3.63, 3.8) is 0 Å². The molecule has 0 aliphatic rings. The standard InChI is InChI=1S/C20H23F2NO4/c1-12(2)26-17-9-8-15(11-18(17)25-4)19(24)23-13(3)14-6-5-7-16(10-14)27-20(21)22/h5-13,20H,1-4H3,(H,23,24). The van der Waals surface area contributed by atoms with Gasteiger partial charge in [0.1, 0.15) is 5.75 Å². The third kappa shape index (κ3) is 5.84.